The number of sulfone groups is 1. The lowest BCUT2D eigenvalue weighted by Gasteiger charge is -2.22. The number of allylic oxidation sites excluding steroid dienone is 1. The minimum Gasteiger partial charge on any atom is -0.346 e. The molecule has 1 saturated heterocycles. The van der Waals surface area contributed by atoms with Gasteiger partial charge in [-0.15, -0.1) is 0 Å². The number of carbonyl (C=O) groups excluding carboxylic acids is 1. The van der Waals surface area contributed by atoms with Gasteiger partial charge in [-0.05, 0) is 35.7 Å². The monoisotopic (exact) mass is 380 g/mol. The van der Waals surface area contributed by atoms with E-state index >= 15 is 0 Å². The molecule has 0 radical (unpaired) electrons. The van der Waals surface area contributed by atoms with Crippen LogP contribution in [0.15, 0.2) is 29.4 Å². The highest BCUT2D eigenvalue weighted by molar-refractivity contribution is 7.91. The van der Waals surface area contributed by atoms with E-state index in [2.05, 4.69) is 10.0 Å². The number of benzene rings is 1. The summed E-state index contributed by atoms with van der Waals surface area (Å²) >= 11 is 0. The van der Waals surface area contributed by atoms with E-state index in [1.165, 1.54) is 6.07 Å². The zero-order valence-corrected chi connectivity index (χ0v) is 14.6. The average Bonchev–Trinajstić information content (AvgIpc) is 3.03. The number of rotatable bonds is 5. The number of carbonyl (C=O) groups is 1. The Bertz CT molecular complexity index is 896. The lowest BCUT2D eigenvalue weighted by molar-refractivity contribution is -0.117. The number of aldehydes is 1. The maximum absolute atomic E-state index is 14.6. The van der Waals surface area contributed by atoms with Crippen molar-refractivity contribution < 1.29 is 22.3 Å². The molecule has 1 unspecified atom stereocenters. The molecule has 1 fully saturated rings. The SMILES string of the molecule is [N-]=[N+]=NC[C@@H]1CN(c2ccc(C3=CCS(=O)(=O)CC3)c(F)c2)C(C=O)O1. The van der Waals surface area contributed by atoms with Crippen LogP contribution in [-0.4, -0.2) is 51.6 Å². The molecular weight excluding hydrogens is 363 g/mol. The Morgan fingerprint density at radius 2 is 2.27 bits per heavy atom. The maximum Gasteiger partial charge on any atom is 0.187 e. The van der Waals surface area contributed by atoms with Gasteiger partial charge in [0.1, 0.15) is 5.82 Å². The van der Waals surface area contributed by atoms with Crippen LogP contribution in [0.5, 0.6) is 0 Å². The number of azide groups is 1. The van der Waals surface area contributed by atoms with E-state index in [1.807, 2.05) is 0 Å². The zero-order valence-electron chi connectivity index (χ0n) is 13.8. The topological polar surface area (TPSA) is 112 Å². The smallest absolute Gasteiger partial charge is 0.187 e. The van der Waals surface area contributed by atoms with Crippen molar-refractivity contribution >= 4 is 27.4 Å². The van der Waals surface area contributed by atoms with Crippen molar-refractivity contribution in [2.24, 2.45) is 5.11 Å². The molecule has 0 amide bonds. The Morgan fingerprint density at radius 1 is 1.46 bits per heavy atom. The van der Waals surface area contributed by atoms with Crippen LogP contribution in [0.1, 0.15) is 12.0 Å². The summed E-state index contributed by atoms with van der Waals surface area (Å²) in [5.74, 6) is -0.567. The van der Waals surface area contributed by atoms with Gasteiger partial charge in [0.15, 0.2) is 22.4 Å². The lowest BCUT2D eigenvalue weighted by atomic mass is 10.0. The third kappa shape index (κ3) is 3.87. The molecule has 0 aromatic heterocycles. The van der Waals surface area contributed by atoms with Crippen LogP contribution >= 0.6 is 0 Å². The zero-order chi connectivity index (χ0) is 18.7. The molecule has 2 atom stereocenters. The molecule has 10 heteroatoms. The Morgan fingerprint density at radius 3 is 2.88 bits per heavy atom. The third-order valence-electron chi connectivity index (χ3n) is 4.40. The Hall–Kier alpha value is -2.42. The van der Waals surface area contributed by atoms with Crippen LogP contribution in [-0.2, 0) is 19.4 Å². The van der Waals surface area contributed by atoms with Crippen molar-refractivity contribution in [3.63, 3.8) is 0 Å². The first-order valence-electron chi connectivity index (χ1n) is 8.01. The standard InChI is InChI=1S/C16H17FN4O4S/c17-15-7-12(21-9-13(8-19-20-18)25-16(21)10-22)1-2-14(15)11-3-5-26(23,24)6-4-11/h1-3,7,10,13,16H,4-6,8-9H2/t13-,16?/m1/s1. The molecular formula is C16H17FN4O4S. The van der Waals surface area contributed by atoms with Gasteiger partial charge in [-0.25, -0.2) is 12.8 Å². The number of halogens is 1. The van der Waals surface area contributed by atoms with E-state index in [1.54, 1.807) is 23.1 Å². The summed E-state index contributed by atoms with van der Waals surface area (Å²) in [7, 11) is -3.08. The largest absolute Gasteiger partial charge is 0.346 e. The van der Waals surface area contributed by atoms with Crippen molar-refractivity contribution in [1.29, 1.82) is 0 Å². The number of hydrogen-bond donors (Lipinski definition) is 0. The van der Waals surface area contributed by atoms with Crippen molar-refractivity contribution in [3.05, 3.63) is 46.1 Å². The molecule has 1 aromatic carbocycles. The van der Waals surface area contributed by atoms with Gasteiger partial charge in [0.05, 0.1) is 24.2 Å². The first-order valence-corrected chi connectivity index (χ1v) is 9.83. The van der Waals surface area contributed by atoms with Gasteiger partial charge >= 0.3 is 0 Å². The van der Waals surface area contributed by atoms with Gasteiger partial charge in [-0.1, -0.05) is 11.2 Å². The Labute approximate surface area is 149 Å². The predicted octanol–water partition coefficient (Wildman–Crippen LogP) is 2.07. The van der Waals surface area contributed by atoms with E-state index in [0.717, 1.165) is 0 Å². The number of hydrogen-bond acceptors (Lipinski definition) is 6. The summed E-state index contributed by atoms with van der Waals surface area (Å²) in [5.41, 5.74) is 9.87. The summed E-state index contributed by atoms with van der Waals surface area (Å²) < 4.78 is 43.1. The second-order valence-electron chi connectivity index (χ2n) is 6.11. The number of anilines is 1. The maximum atomic E-state index is 14.6. The first kappa shape index (κ1) is 18.4. The van der Waals surface area contributed by atoms with Gasteiger partial charge in [-0.3, -0.25) is 4.79 Å². The molecule has 0 aliphatic carbocycles. The van der Waals surface area contributed by atoms with Crippen LogP contribution in [0, 0.1) is 5.82 Å². The van der Waals surface area contributed by atoms with Crippen LogP contribution in [0.3, 0.4) is 0 Å². The minimum absolute atomic E-state index is 0.00823. The summed E-state index contributed by atoms with van der Waals surface area (Å²) in [4.78, 5) is 15.5. The number of ether oxygens (including phenoxy) is 1. The Balaban J connectivity index is 1.82. The fourth-order valence-electron chi connectivity index (χ4n) is 3.09. The average molecular weight is 380 g/mol. The van der Waals surface area contributed by atoms with Crippen LogP contribution in [0.2, 0.25) is 0 Å². The van der Waals surface area contributed by atoms with Gasteiger partial charge in [0.2, 0.25) is 0 Å². The van der Waals surface area contributed by atoms with Crippen molar-refractivity contribution in [2.45, 2.75) is 18.8 Å². The molecule has 26 heavy (non-hydrogen) atoms. The fourth-order valence-corrected chi connectivity index (χ4v) is 4.24. The van der Waals surface area contributed by atoms with Crippen LogP contribution in [0.25, 0.3) is 16.0 Å². The lowest BCUT2D eigenvalue weighted by Crippen LogP contribution is -2.31. The van der Waals surface area contributed by atoms with E-state index in [0.29, 0.717) is 29.7 Å². The van der Waals surface area contributed by atoms with Crippen molar-refractivity contribution in [2.75, 3.05) is 29.5 Å². The highest BCUT2D eigenvalue weighted by atomic mass is 32.2. The molecule has 0 saturated carbocycles. The summed E-state index contributed by atoms with van der Waals surface area (Å²) in [5, 5.41) is 3.44. The predicted molar refractivity (Wildman–Crippen MR) is 93.7 cm³/mol. The Kier molecular flexibility index (Phi) is 5.26. The number of nitrogens with zero attached hydrogens (tertiary/aromatic N) is 4. The molecule has 2 aliphatic rings. The van der Waals surface area contributed by atoms with E-state index in [-0.39, 0.29) is 24.5 Å². The minimum atomic E-state index is -3.08. The van der Waals surface area contributed by atoms with Gasteiger partial charge in [0, 0.05) is 22.7 Å². The molecule has 138 valence electrons. The second-order valence-corrected chi connectivity index (χ2v) is 8.34. The summed E-state index contributed by atoms with van der Waals surface area (Å²) in [6, 6.07) is 4.55. The van der Waals surface area contributed by atoms with Crippen LogP contribution < -0.4 is 4.90 Å². The quantitative estimate of drug-likeness (QED) is 0.336. The van der Waals surface area contributed by atoms with Crippen molar-refractivity contribution in [3.8, 4) is 0 Å². The molecule has 8 nitrogen and oxygen atoms in total. The molecule has 2 heterocycles. The highest BCUT2D eigenvalue weighted by Gasteiger charge is 2.33. The molecule has 0 bridgehead atoms. The summed E-state index contributed by atoms with van der Waals surface area (Å²) in [6.07, 6.45) is 1.10. The van der Waals surface area contributed by atoms with Crippen LogP contribution in [0.4, 0.5) is 10.1 Å². The van der Waals surface area contributed by atoms with Crippen molar-refractivity contribution in [1.82, 2.24) is 0 Å². The second kappa shape index (κ2) is 7.45. The van der Waals surface area contributed by atoms with Gasteiger partial charge in [-0.2, -0.15) is 0 Å². The van der Waals surface area contributed by atoms with E-state index in [9.17, 15) is 17.6 Å². The van der Waals surface area contributed by atoms with Gasteiger partial charge < -0.3 is 9.64 Å². The normalized spacial score (nSPS) is 24.7. The molecule has 0 spiro atoms. The highest BCUT2D eigenvalue weighted by Crippen LogP contribution is 2.30. The fraction of sp³-hybridized carbons (Fsp3) is 0.438. The van der Waals surface area contributed by atoms with Gasteiger partial charge in [0.25, 0.3) is 0 Å². The molecule has 3 rings (SSSR count). The molecule has 2 aliphatic heterocycles. The first-order chi connectivity index (χ1) is 12.4. The van der Waals surface area contributed by atoms with E-state index < -0.39 is 28.0 Å². The summed E-state index contributed by atoms with van der Waals surface area (Å²) in [6.45, 7) is 0.376. The molecule has 1 aromatic rings. The third-order valence-corrected chi connectivity index (χ3v) is 5.90. The van der Waals surface area contributed by atoms with E-state index in [4.69, 9.17) is 10.3 Å². The molecule has 0 N–H and O–H groups in total.